The number of carbonyl (C=O) groups excluding carboxylic acids is 1. The Morgan fingerprint density at radius 2 is 1.95 bits per heavy atom. The van der Waals surface area contributed by atoms with E-state index in [-0.39, 0.29) is 24.7 Å². The van der Waals surface area contributed by atoms with E-state index in [4.69, 9.17) is 6.42 Å². The van der Waals surface area contributed by atoms with Crippen molar-refractivity contribution in [1.29, 1.82) is 0 Å². The van der Waals surface area contributed by atoms with Gasteiger partial charge in [0.25, 0.3) is 0 Å². The first-order valence-electron chi connectivity index (χ1n) is 5.64. The summed E-state index contributed by atoms with van der Waals surface area (Å²) in [6, 6.07) is 5.59. The highest BCUT2D eigenvalue weighted by atomic mass is 19.4. The summed E-state index contributed by atoms with van der Waals surface area (Å²) in [5, 5.41) is 5.26. The number of carbonyl (C=O) groups is 1. The van der Waals surface area contributed by atoms with Gasteiger partial charge in [-0.05, 0) is 24.3 Å². The predicted octanol–water partition coefficient (Wildman–Crippen LogP) is 1.79. The Hall–Kier alpha value is -2.20. The van der Waals surface area contributed by atoms with Crippen LogP contribution in [0.4, 0.5) is 18.9 Å². The van der Waals surface area contributed by atoms with Crippen molar-refractivity contribution in [2.45, 2.75) is 6.18 Å². The number of alkyl halides is 3. The Balaban J connectivity index is 2.42. The lowest BCUT2D eigenvalue weighted by molar-refractivity contribution is -0.153. The van der Waals surface area contributed by atoms with Crippen LogP contribution in [-0.4, -0.2) is 31.8 Å². The molecule has 0 aromatic heterocycles. The standard InChI is InChI=1S/C13H13F3N2O2/c1-2-7-17-8-12(19)18-10-3-5-11(6-4-10)20-9-13(14,15)16/h1,3-6,17H,7-9H2,(H,18,19). The van der Waals surface area contributed by atoms with E-state index in [1.165, 1.54) is 24.3 Å². The quantitative estimate of drug-likeness (QED) is 0.619. The molecule has 108 valence electrons. The first-order chi connectivity index (χ1) is 9.40. The molecule has 7 heteroatoms. The number of terminal acetylenes is 1. The lowest BCUT2D eigenvalue weighted by Gasteiger charge is -2.10. The van der Waals surface area contributed by atoms with Crippen LogP contribution >= 0.6 is 0 Å². The molecule has 0 aliphatic rings. The molecule has 0 spiro atoms. The zero-order chi connectivity index (χ0) is 15.0. The number of rotatable bonds is 6. The van der Waals surface area contributed by atoms with Gasteiger partial charge in [0.05, 0.1) is 13.1 Å². The highest BCUT2D eigenvalue weighted by Crippen LogP contribution is 2.20. The van der Waals surface area contributed by atoms with Crippen LogP contribution in [-0.2, 0) is 4.79 Å². The van der Waals surface area contributed by atoms with Gasteiger partial charge in [-0.1, -0.05) is 5.92 Å². The van der Waals surface area contributed by atoms with E-state index < -0.39 is 12.8 Å². The SMILES string of the molecule is C#CCNCC(=O)Nc1ccc(OCC(F)(F)F)cc1. The molecule has 4 nitrogen and oxygen atoms in total. The van der Waals surface area contributed by atoms with Crippen LogP contribution in [0.3, 0.4) is 0 Å². The molecule has 1 amide bonds. The highest BCUT2D eigenvalue weighted by Gasteiger charge is 2.28. The zero-order valence-corrected chi connectivity index (χ0v) is 10.5. The number of nitrogens with one attached hydrogen (secondary N) is 2. The zero-order valence-electron chi connectivity index (χ0n) is 10.5. The minimum Gasteiger partial charge on any atom is -0.484 e. The van der Waals surface area contributed by atoms with Crippen molar-refractivity contribution < 1.29 is 22.7 Å². The van der Waals surface area contributed by atoms with E-state index in [9.17, 15) is 18.0 Å². The van der Waals surface area contributed by atoms with Crippen molar-refractivity contribution in [3.05, 3.63) is 24.3 Å². The van der Waals surface area contributed by atoms with Gasteiger partial charge in [-0.25, -0.2) is 0 Å². The van der Waals surface area contributed by atoms with Gasteiger partial charge in [-0.3, -0.25) is 10.1 Å². The molecule has 1 rings (SSSR count). The third-order valence-corrected chi connectivity index (χ3v) is 2.05. The second-order valence-electron chi connectivity index (χ2n) is 3.78. The summed E-state index contributed by atoms with van der Waals surface area (Å²) in [6.07, 6.45) is 0.625. The van der Waals surface area contributed by atoms with Crippen LogP contribution in [0.25, 0.3) is 0 Å². The Morgan fingerprint density at radius 3 is 2.50 bits per heavy atom. The Labute approximate surface area is 114 Å². The van der Waals surface area contributed by atoms with E-state index in [1.807, 2.05) is 0 Å². The fourth-order valence-corrected chi connectivity index (χ4v) is 1.25. The number of hydrogen-bond donors (Lipinski definition) is 2. The molecule has 0 saturated carbocycles. The fourth-order valence-electron chi connectivity index (χ4n) is 1.25. The minimum atomic E-state index is -4.38. The molecule has 1 aromatic carbocycles. The van der Waals surface area contributed by atoms with Crippen molar-refractivity contribution in [2.24, 2.45) is 0 Å². The molecule has 0 fully saturated rings. The number of hydrogen-bond acceptors (Lipinski definition) is 3. The molecule has 1 aromatic rings. The molecule has 0 aliphatic carbocycles. The van der Waals surface area contributed by atoms with Crippen LogP contribution in [0.5, 0.6) is 5.75 Å². The molecular weight excluding hydrogens is 273 g/mol. The van der Waals surface area contributed by atoms with Crippen molar-refractivity contribution >= 4 is 11.6 Å². The summed E-state index contributed by atoms with van der Waals surface area (Å²) in [5.74, 6) is 2.09. The molecule has 2 N–H and O–H groups in total. The van der Waals surface area contributed by atoms with E-state index in [0.717, 1.165) is 0 Å². The van der Waals surface area contributed by atoms with Gasteiger partial charge in [0.15, 0.2) is 6.61 Å². The Bertz CT molecular complexity index is 478. The molecular formula is C13H13F3N2O2. The molecule has 0 aliphatic heterocycles. The molecule has 20 heavy (non-hydrogen) atoms. The van der Waals surface area contributed by atoms with Gasteiger partial charge in [-0.2, -0.15) is 13.2 Å². The van der Waals surface area contributed by atoms with Gasteiger partial charge in [0.2, 0.25) is 5.91 Å². The summed E-state index contributed by atoms with van der Waals surface area (Å²) < 4.78 is 40.3. The summed E-state index contributed by atoms with van der Waals surface area (Å²) in [5.41, 5.74) is 0.455. The van der Waals surface area contributed by atoms with Gasteiger partial charge >= 0.3 is 6.18 Å². The number of ether oxygens (including phenoxy) is 1. The monoisotopic (exact) mass is 286 g/mol. The number of amides is 1. The topological polar surface area (TPSA) is 50.4 Å². The van der Waals surface area contributed by atoms with Gasteiger partial charge in [0, 0.05) is 5.69 Å². The lowest BCUT2D eigenvalue weighted by Crippen LogP contribution is -2.28. The summed E-state index contributed by atoms with van der Waals surface area (Å²) in [7, 11) is 0. The first kappa shape index (κ1) is 15.9. The van der Waals surface area contributed by atoms with E-state index in [1.54, 1.807) is 0 Å². The van der Waals surface area contributed by atoms with Gasteiger partial charge in [-0.15, -0.1) is 6.42 Å². The maximum absolute atomic E-state index is 11.9. The lowest BCUT2D eigenvalue weighted by atomic mass is 10.3. The third kappa shape index (κ3) is 6.66. The normalized spacial score (nSPS) is 10.7. The summed E-state index contributed by atoms with van der Waals surface area (Å²) in [6.45, 7) is -1.02. The summed E-state index contributed by atoms with van der Waals surface area (Å²) >= 11 is 0. The second kappa shape index (κ2) is 7.40. The van der Waals surface area contributed by atoms with Crippen LogP contribution in [0, 0.1) is 12.3 Å². The van der Waals surface area contributed by atoms with Gasteiger partial charge < -0.3 is 10.1 Å². The summed E-state index contributed by atoms with van der Waals surface area (Å²) in [4.78, 5) is 11.4. The Kier molecular flexibility index (Phi) is 5.87. The van der Waals surface area contributed by atoms with Crippen molar-refractivity contribution in [3.63, 3.8) is 0 Å². The van der Waals surface area contributed by atoms with E-state index in [2.05, 4.69) is 21.3 Å². The maximum Gasteiger partial charge on any atom is 0.422 e. The van der Waals surface area contributed by atoms with E-state index in [0.29, 0.717) is 5.69 Å². The van der Waals surface area contributed by atoms with Crippen molar-refractivity contribution in [2.75, 3.05) is 25.0 Å². The molecule has 0 heterocycles. The average molecular weight is 286 g/mol. The Morgan fingerprint density at radius 1 is 1.30 bits per heavy atom. The number of benzene rings is 1. The minimum absolute atomic E-state index is 0.0521. The highest BCUT2D eigenvalue weighted by molar-refractivity contribution is 5.92. The molecule has 0 radical (unpaired) electrons. The van der Waals surface area contributed by atoms with Crippen LogP contribution in [0.2, 0.25) is 0 Å². The van der Waals surface area contributed by atoms with Crippen LogP contribution < -0.4 is 15.4 Å². The smallest absolute Gasteiger partial charge is 0.422 e. The van der Waals surface area contributed by atoms with Crippen molar-refractivity contribution in [1.82, 2.24) is 5.32 Å². The van der Waals surface area contributed by atoms with Gasteiger partial charge in [0.1, 0.15) is 5.75 Å². The molecule has 0 saturated heterocycles. The first-order valence-corrected chi connectivity index (χ1v) is 5.64. The maximum atomic E-state index is 11.9. The molecule has 0 atom stereocenters. The molecule has 0 bridgehead atoms. The third-order valence-electron chi connectivity index (χ3n) is 2.05. The number of halogens is 3. The van der Waals surface area contributed by atoms with Crippen molar-refractivity contribution in [3.8, 4) is 18.1 Å². The number of anilines is 1. The average Bonchev–Trinajstić information content (AvgIpc) is 2.37. The van der Waals surface area contributed by atoms with Crippen LogP contribution in [0.1, 0.15) is 0 Å². The molecule has 0 unspecified atom stereocenters. The fraction of sp³-hybridized carbons (Fsp3) is 0.308. The van der Waals surface area contributed by atoms with E-state index >= 15 is 0 Å². The largest absolute Gasteiger partial charge is 0.484 e. The second-order valence-corrected chi connectivity index (χ2v) is 3.78. The predicted molar refractivity (Wildman–Crippen MR) is 68.3 cm³/mol. The van der Waals surface area contributed by atoms with Crippen LogP contribution in [0.15, 0.2) is 24.3 Å².